The summed E-state index contributed by atoms with van der Waals surface area (Å²) in [7, 11) is 0. The second-order valence-corrected chi connectivity index (χ2v) is 7.05. The molecule has 1 aromatic carbocycles. The lowest BCUT2D eigenvalue weighted by molar-refractivity contribution is 0.0940. The summed E-state index contributed by atoms with van der Waals surface area (Å²) in [6.45, 7) is 2.08. The van der Waals surface area contributed by atoms with E-state index < -0.39 is 0 Å². The van der Waals surface area contributed by atoms with Crippen LogP contribution in [0.3, 0.4) is 0 Å². The van der Waals surface area contributed by atoms with E-state index in [1.54, 1.807) is 0 Å². The number of aliphatic hydroxyl groups is 1. The van der Waals surface area contributed by atoms with Crippen molar-refractivity contribution in [3.63, 3.8) is 0 Å². The van der Waals surface area contributed by atoms with E-state index in [9.17, 15) is 9.90 Å². The monoisotopic (exact) mass is 368 g/mol. The predicted octanol–water partition coefficient (Wildman–Crippen LogP) is 0.653. The minimum absolute atomic E-state index is 0.161. The number of hydrogen-bond donors (Lipinski definition) is 2. The fourth-order valence-corrected chi connectivity index (χ4v) is 3.83. The number of amides is 1. The minimum atomic E-state index is -0.356. The maximum atomic E-state index is 12.4. The molecule has 0 spiro atoms. The van der Waals surface area contributed by atoms with Gasteiger partial charge in [-0.1, -0.05) is 6.07 Å². The largest absolute Gasteiger partial charge is 0.454 e. The number of nitrogens with zero attached hydrogens (tertiary/aromatic N) is 3. The molecule has 8 nitrogen and oxygen atoms in total. The maximum Gasteiger partial charge on any atom is 0.270 e. The van der Waals surface area contributed by atoms with Gasteiger partial charge in [0.25, 0.3) is 5.91 Å². The molecule has 1 amide bonds. The molecule has 0 aliphatic carbocycles. The summed E-state index contributed by atoms with van der Waals surface area (Å²) < 4.78 is 10.8. The number of anilines is 1. The van der Waals surface area contributed by atoms with Gasteiger partial charge in [-0.25, -0.2) is 9.97 Å². The molecule has 0 unspecified atom stereocenters. The zero-order valence-electron chi connectivity index (χ0n) is 14.8. The molecule has 3 aliphatic rings. The number of rotatable bonds is 3. The molecule has 2 aromatic rings. The van der Waals surface area contributed by atoms with Crippen LogP contribution in [0.2, 0.25) is 0 Å². The van der Waals surface area contributed by atoms with Gasteiger partial charge in [-0.05, 0) is 30.5 Å². The van der Waals surface area contributed by atoms with Crippen LogP contribution in [-0.2, 0) is 12.8 Å². The highest BCUT2D eigenvalue weighted by molar-refractivity contribution is 5.96. The van der Waals surface area contributed by atoms with E-state index in [0.29, 0.717) is 49.6 Å². The standard InChI is InChI=1S/C19H20N4O4/c24-12-4-6-23(9-12)18-13-3-5-20-19(25)17(13)21-16(22-18)8-11-1-2-14-15(7-11)27-10-26-14/h1-2,7,12,24H,3-6,8-10H2,(H,20,25)/t12-/m0/s1. The fourth-order valence-electron chi connectivity index (χ4n) is 3.83. The second kappa shape index (κ2) is 6.38. The van der Waals surface area contributed by atoms with Gasteiger partial charge in [-0.2, -0.15) is 0 Å². The summed E-state index contributed by atoms with van der Waals surface area (Å²) in [4.78, 5) is 23.8. The van der Waals surface area contributed by atoms with Gasteiger partial charge < -0.3 is 24.8 Å². The summed E-state index contributed by atoms with van der Waals surface area (Å²) in [6.07, 6.45) is 1.54. The number of carbonyl (C=O) groups excluding carboxylic acids is 1. The number of nitrogens with one attached hydrogen (secondary N) is 1. The lowest BCUT2D eigenvalue weighted by atomic mass is 10.0. The highest BCUT2D eigenvalue weighted by Crippen LogP contribution is 2.33. The molecule has 1 fully saturated rings. The van der Waals surface area contributed by atoms with Crippen molar-refractivity contribution in [1.82, 2.24) is 15.3 Å². The van der Waals surface area contributed by atoms with Gasteiger partial charge in [0.05, 0.1) is 6.10 Å². The molecule has 0 radical (unpaired) electrons. The molecular formula is C19H20N4O4. The number of benzene rings is 1. The number of fused-ring (bicyclic) bond motifs is 2. The van der Waals surface area contributed by atoms with Crippen LogP contribution in [0.15, 0.2) is 18.2 Å². The smallest absolute Gasteiger partial charge is 0.270 e. The first-order valence-electron chi connectivity index (χ1n) is 9.17. The number of aromatic nitrogens is 2. The molecule has 0 saturated carbocycles. The molecule has 4 heterocycles. The van der Waals surface area contributed by atoms with Crippen LogP contribution in [0, 0.1) is 0 Å². The Bertz CT molecular complexity index is 917. The molecule has 2 N–H and O–H groups in total. The number of β-amino-alcohol motifs (C(OH)–C–C–N with tert-alkyl or cyclic N) is 1. The molecule has 27 heavy (non-hydrogen) atoms. The maximum absolute atomic E-state index is 12.4. The van der Waals surface area contributed by atoms with Crippen LogP contribution < -0.4 is 19.7 Å². The molecule has 1 saturated heterocycles. The Morgan fingerprint density at radius 2 is 2.15 bits per heavy atom. The number of carbonyl (C=O) groups is 1. The first-order chi connectivity index (χ1) is 13.2. The van der Waals surface area contributed by atoms with Gasteiger partial charge >= 0.3 is 0 Å². The normalized spacial score (nSPS) is 20.6. The van der Waals surface area contributed by atoms with E-state index in [4.69, 9.17) is 14.5 Å². The predicted molar refractivity (Wildman–Crippen MR) is 96.3 cm³/mol. The molecule has 5 rings (SSSR count). The van der Waals surface area contributed by atoms with E-state index in [-0.39, 0.29) is 18.8 Å². The van der Waals surface area contributed by atoms with Gasteiger partial charge in [-0.15, -0.1) is 0 Å². The molecular weight excluding hydrogens is 348 g/mol. The van der Waals surface area contributed by atoms with Gasteiger partial charge in [0.2, 0.25) is 6.79 Å². The zero-order valence-corrected chi connectivity index (χ0v) is 14.8. The average Bonchev–Trinajstić information content (AvgIpc) is 3.30. The van der Waals surface area contributed by atoms with Crippen LogP contribution in [0.25, 0.3) is 0 Å². The van der Waals surface area contributed by atoms with Gasteiger partial charge in [-0.3, -0.25) is 4.79 Å². The van der Waals surface area contributed by atoms with Gasteiger partial charge in [0, 0.05) is 31.6 Å². The molecule has 1 aromatic heterocycles. The van der Waals surface area contributed by atoms with Crippen LogP contribution in [-0.4, -0.2) is 53.5 Å². The second-order valence-electron chi connectivity index (χ2n) is 7.05. The van der Waals surface area contributed by atoms with Gasteiger partial charge in [0.15, 0.2) is 11.5 Å². The fraction of sp³-hybridized carbons (Fsp3) is 0.421. The Kier molecular flexibility index (Phi) is 3.86. The van der Waals surface area contributed by atoms with E-state index in [1.807, 2.05) is 18.2 Å². The SMILES string of the molecule is O=C1NCCc2c1nc(Cc1ccc3c(c1)OCO3)nc2N1CC[C@H](O)C1. The molecule has 8 heteroatoms. The third-order valence-electron chi connectivity index (χ3n) is 5.17. The summed E-state index contributed by atoms with van der Waals surface area (Å²) in [5, 5.41) is 12.8. The van der Waals surface area contributed by atoms with E-state index in [0.717, 1.165) is 29.2 Å². The minimum Gasteiger partial charge on any atom is -0.454 e. The quantitative estimate of drug-likeness (QED) is 0.821. The lowest BCUT2D eigenvalue weighted by Gasteiger charge is -2.25. The third kappa shape index (κ3) is 2.95. The van der Waals surface area contributed by atoms with Crippen molar-refractivity contribution >= 4 is 11.7 Å². The summed E-state index contributed by atoms with van der Waals surface area (Å²) in [6, 6.07) is 5.75. The summed E-state index contributed by atoms with van der Waals surface area (Å²) in [5.74, 6) is 2.65. The average molecular weight is 368 g/mol. The van der Waals surface area contributed by atoms with Crippen molar-refractivity contribution in [3.05, 3.63) is 40.8 Å². The molecule has 3 aliphatic heterocycles. The van der Waals surface area contributed by atoms with Crippen LogP contribution in [0.5, 0.6) is 11.5 Å². The van der Waals surface area contributed by atoms with Crippen molar-refractivity contribution in [3.8, 4) is 11.5 Å². The van der Waals surface area contributed by atoms with Crippen LogP contribution in [0.1, 0.15) is 33.9 Å². The Balaban J connectivity index is 1.52. The number of ether oxygens (including phenoxy) is 2. The van der Waals surface area contributed by atoms with Crippen molar-refractivity contribution in [2.75, 3.05) is 31.3 Å². The molecule has 140 valence electrons. The topological polar surface area (TPSA) is 96.8 Å². The third-order valence-corrected chi connectivity index (χ3v) is 5.17. The highest BCUT2D eigenvalue weighted by Gasteiger charge is 2.29. The summed E-state index contributed by atoms with van der Waals surface area (Å²) >= 11 is 0. The molecule has 0 bridgehead atoms. The first kappa shape index (κ1) is 16.3. The van der Waals surface area contributed by atoms with Crippen molar-refractivity contribution in [1.29, 1.82) is 0 Å². The van der Waals surface area contributed by atoms with E-state index >= 15 is 0 Å². The Morgan fingerprint density at radius 3 is 3.00 bits per heavy atom. The Labute approximate surface area is 156 Å². The Morgan fingerprint density at radius 1 is 1.26 bits per heavy atom. The molecule has 1 atom stereocenters. The zero-order chi connectivity index (χ0) is 18.4. The van der Waals surface area contributed by atoms with E-state index in [2.05, 4.69) is 15.2 Å². The van der Waals surface area contributed by atoms with Crippen molar-refractivity contribution < 1.29 is 19.4 Å². The van der Waals surface area contributed by atoms with Crippen LogP contribution >= 0.6 is 0 Å². The van der Waals surface area contributed by atoms with Crippen molar-refractivity contribution in [2.45, 2.75) is 25.4 Å². The van der Waals surface area contributed by atoms with Gasteiger partial charge in [0.1, 0.15) is 17.3 Å². The summed E-state index contributed by atoms with van der Waals surface area (Å²) in [5.41, 5.74) is 2.31. The number of hydrogen-bond acceptors (Lipinski definition) is 7. The Hall–Kier alpha value is -2.87. The van der Waals surface area contributed by atoms with E-state index in [1.165, 1.54) is 0 Å². The van der Waals surface area contributed by atoms with Crippen molar-refractivity contribution in [2.24, 2.45) is 0 Å². The first-order valence-corrected chi connectivity index (χ1v) is 9.17. The lowest BCUT2D eigenvalue weighted by Crippen LogP contribution is -2.36. The van der Waals surface area contributed by atoms with Crippen LogP contribution in [0.4, 0.5) is 5.82 Å². The number of aliphatic hydroxyl groups excluding tert-OH is 1. The highest BCUT2D eigenvalue weighted by atomic mass is 16.7.